The van der Waals surface area contributed by atoms with E-state index in [1.54, 1.807) is 0 Å². The zero-order valence-corrected chi connectivity index (χ0v) is 12.1. The molecule has 0 aliphatic carbocycles. The molecule has 1 heterocycles. The topological polar surface area (TPSA) is 12.5 Å². The maximum Gasteiger partial charge on any atom is 0.119 e. The average molecular weight is 268 g/mol. The van der Waals surface area contributed by atoms with Crippen LogP contribution in [-0.2, 0) is 0 Å². The summed E-state index contributed by atoms with van der Waals surface area (Å²) in [6.07, 6.45) is 3.81. The van der Waals surface area contributed by atoms with Crippen molar-refractivity contribution < 1.29 is 4.74 Å². The molecule has 1 aromatic rings. The molecule has 0 bridgehead atoms. The van der Waals surface area contributed by atoms with Crippen LogP contribution in [0.5, 0.6) is 5.75 Å². The van der Waals surface area contributed by atoms with Gasteiger partial charge >= 0.3 is 0 Å². The van der Waals surface area contributed by atoms with Crippen molar-refractivity contribution in [2.75, 3.05) is 26.2 Å². The fourth-order valence-electron chi connectivity index (χ4n) is 2.47. The smallest absolute Gasteiger partial charge is 0.119 e. The van der Waals surface area contributed by atoms with E-state index in [1.807, 2.05) is 26.0 Å². The van der Waals surface area contributed by atoms with Crippen LogP contribution in [0, 0.1) is 13.8 Å². The number of rotatable bonds is 5. The Hall–Kier alpha value is -0.730. The van der Waals surface area contributed by atoms with E-state index in [1.165, 1.54) is 25.9 Å². The molecule has 0 radical (unpaired) electrons. The number of nitrogens with zero attached hydrogens (tertiary/aromatic N) is 1. The molecule has 0 spiro atoms. The Morgan fingerprint density at radius 3 is 2.39 bits per heavy atom. The van der Waals surface area contributed by atoms with Crippen LogP contribution in [0.3, 0.4) is 0 Å². The van der Waals surface area contributed by atoms with Crippen molar-refractivity contribution >= 4 is 11.6 Å². The Balaban J connectivity index is 1.76. The lowest BCUT2D eigenvalue weighted by Crippen LogP contribution is -2.21. The largest absolute Gasteiger partial charge is 0.494 e. The molecule has 0 saturated carbocycles. The molecule has 0 amide bonds. The Morgan fingerprint density at radius 2 is 1.78 bits per heavy atom. The van der Waals surface area contributed by atoms with E-state index in [9.17, 15) is 0 Å². The first-order chi connectivity index (χ1) is 8.66. The van der Waals surface area contributed by atoms with Crippen LogP contribution in [0.2, 0.25) is 5.02 Å². The summed E-state index contributed by atoms with van der Waals surface area (Å²) in [6.45, 7) is 8.51. The highest BCUT2D eigenvalue weighted by atomic mass is 35.5. The maximum absolute atomic E-state index is 6.13. The number of benzene rings is 1. The molecule has 1 aromatic carbocycles. The first-order valence-corrected chi connectivity index (χ1v) is 7.16. The molecule has 0 unspecified atom stereocenters. The molecule has 18 heavy (non-hydrogen) atoms. The minimum atomic E-state index is 0.789. The van der Waals surface area contributed by atoms with Crippen molar-refractivity contribution in [1.29, 1.82) is 0 Å². The van der Waals surface area contributed by atoms with Crippen LogP contribution in [0.1, 0.15) is 30.4 Å². The number of hydrogen-bond acceptors (Lipinski definition) is 2. The van der Waals surface area contributed by atoms with E-state index >= 15 is 0 Å². The van der Waals surface area contributed by atoms with Gasteiger partial charge in [0.1, 0.15) is 5.75 Å². The second kappa shape index (κ2) is 6.44. The van der Waals surface area contributed by atoms with Crippen molar-refractivity contribution in [1.82, 2.24) is 4.90 Å². The zero-order chi connectivity index (χ0) is 13.0. The summed E-state index contributed by atoms with van der Waals surface area (Å²) < 4.78 is 5.80. The monoisotopic (exact) mass is 267 g/mol. The Labute approximate surface area is 115 Å². The summed E-state index contributed by atoms with van der Waals surface area (Å²) in [5.41, 5.74) is 2.18. The molecular formula is C15H22ClNO. The lowest BCUT2D eigenvalue weighted by molar-refractivity contribution is 0.263. The predicted molar refractivity (Wildman–Crippen MR) is 76.7 cm³/mol. The lowest BCUT2D eigenvalue weighted by Gasteiger charge is -2.15. The molecule has 1 saturated heterocycles. The van der Waals surface area contributed by atoms with E-state index < -0.39 is 0 Å². The first-order valence-electron chi connectivity index (χ1n) is 6.79. The quantitative estimate of drug-likeness (QED) is 0.752. The molecule has 0 N–H and O–H groups in total. The van der Waals surface area contributed by atoms with Crippen LogP contribution in [0.25, 0.3) is 0 Å². The molecule has 3 heteroatoms. The molecule has 1 fully saturated rings. The first kappa shape index (κ1) is 13.7. The average Bonchev–Trinajstić information content (AvgIpc) is 2.84. The van der Waals surface area contributed by atoms with Gasteiger partial charge in [0.25, 0.3) is 0 Å². The number of ether oxygens (including phenoxy) is 1. The van der Waals surface area contributed by atoms with Crippen molar-refractivity contribution in [3.05, 3.63) is 28.3 Å². The molecule has 100 valence electrons. The van der Waals surface area contributed by atoms with Gasteiger partial charge in [0.2, 0.25) is 0 Å². The fourth-order valence-corrected chi connectivity index (χ4v) is 2.58. The van der Waals surface area contributed by atoms with Gasteiger partial charge in [0.15, 0.2) is 0 Å². The van der Waals surface area contributed by atoms with E-state index in [0.29, 0.717) is 0 Å². The molecule has 1 aliphatic heterocycles. The van der Waals surface area contributed by atoms with Crippen LogP contribution in [0.4, 0.5) is 0 Å². The van der Waals surface area contributed by atoms with Crippen molar-refractivity contribution in [2.24, 2.45) is 0 Å². The summed E-state index contributed by atoms with van der Waals surface area (Å²) in [5.74, 6) is 0.941. The van der Waals surface area contributed by atoms with Crippen LogP contribution >= 0.6 is 11.6 Å². The van der Waals surface area contributed by atoms with Crippen LogP contribution in [0.15, 0.2) is 12.1 Å². The van der Waals surface area contributed by atoms with E-state index in [4.69, 9.17) is 16.3 Å². The minimum absolute atomic E-state index is 0.789. The number of likely N-dealkylation sites (tertiary alicyclic amines) is 1. The summed E-state index contributed by atoms with van der Waals surface area (Å²) in [4.78, 5) is 2.52. The second-order valence-electron chi connectivity index (χ2n) is 5.12. The van der Waals surface area contributed by atoms with E-state index in [2.05, 4.69) is 4.90 Å². The number of aryl methyl sites for hydroxylation is 2. The van der Waals surface area contributed by atoms with Gasteiger partial charge in [-0.05, 0) is 69.5 Å². The third-order valence-corrected chi connectivity index (χ3v) is 4.09. The summed E-state index contributed by atoms with van der Waals surface area (Å²) >= 11 is 6.13. The van der Waals surface area contributed by atoms with Crippen molar-refractivity contribution in [2.45, 2.75) is 33.1 Å². The molecular weight excluding hydrogens is 246 g/mol. The highest BCUT2D eigenvalue weighted by Gasteiger charge is 2.10. The molecule has 0 aromatic heterocycles. The molecule has 0 atom stereocenters. The van der Waals surface area contributed by atoms with Gasteiger partial charge in [-0.15, -0.1) is 0 Å². The van der Waals surface area contributed by atoms with E-state index in [0.717, 1.165) is 41.5 Å². The zero-order valence-electron chi connectivity index (χ0n) is 11.3. The van der Waals surface area contributed by atoms with Crippen LogP contribution in [-0.4, -0.2) is 31.1 Å². The summed E-state index contributed by atoms with van der Waals surface area (Å²) in [6, 6.07) is 4.04. The highest BCUT2D eigenvalue weighted by Crippen LogP contribution is 2.25. The fraction of sp³-hybridized carbons (Fsp3) is 0.600. The van der Waals surface area contributed by atoms with Gasteiger partial charge in [0, 0.05) is 11.6 Å². The van der Waals surface area contributed by atoms with E-state index in [-0.39, 0.29) is 0 Å². The Kier molecular flexibility index (Phi) is 4.90. The van der Waals surface area contributed by atoms with Gasteiger partial charge in [-0.1, -0.05) is 11.6 Å². The predicted octanol–water partition coefficient (Wildman–Crippen LogP) is 3.82. The van der Waals surface area contributed by atoms with Gasteiger partial charge in [-0.2, -0.15) is 0 Å². The Morgan fingerprint density at radius 1 is 1.17 bits per heavy atom. The standard InChI is InChI=1S/C15H22ClNO/c1-12-10-14(11-13(2)15(12)16)18-9-5-8-17-6-3-4-7-17/h10-11H,3-9H2,1-2H3. The number of halogens is 1. The summed E-state index contributed by atoms with van der Waals surface area (Å²) in [7, 11) is 0. The molecule has 2 nitrogen and oxygen atoms in total. The third kappa shape index (κ3) is 3.63. The maximum atomic E-state index is 6.13. The highest BCUT2D eigenvalue weighted by molar-refractivity contribution is 6.32. The lowest BCUT2D eigenvalue weighted by atomic mass is 10.1. The normalized spacial score (nSPS) is 16.2. The van der Waals surface area contributed by atoms with Crippen molar-refractivity contribution in [3.8, 4) is 5.75 Å². The van der Waals surface area contributed by atoms with Crippen LogP contribution < -0.4 is 4.74 Å². The summed E-state index contributed by atoms with van der Waals surface area (Å²) in [5, 5.41) is 0.847. The molecule has 1 aliphatic rings. The second-order valence-corrected chi connectivity index (χ2v) is 5.50. The SMILES string of the molecule is Cc1cc(OCCCN2CCCC2)cc(C)c1Cl. The number of hydrogen-bond donors (Lipinski definition) is 0. The third-order valence-electron chi connectivity index (χ3n) is 3.50. The van der Waals surface area contributed by atoms with Gasteiger partial charge in [-0.3, -0.25) is 0 Å². The van der Waals surface area contributed by atoms with Gasteiger partial charge in [0.05, 0.1) is 6.61 Å². The Bertz CT molecular complexity index is 376. The minimum Gasteiger partial charge on any atom is -0.494 e. The van der Waals surface area contributed by atoms with Gasteiger partial charge in [-0.25, -0.2) is 0 Å². The van der Waals surface area contributed by atoms with Gasteiger partial charge < -0.3 is 9.64 Å². The molecule has 2 rings (SSSR count). The van der Waals surface area contributed by atoms with Crippen molar-refractivity contribution in [3.63, 3.8) is 0 Å².